The molecule has 3 aromatic heterocycles. The van der Waals surface area contributed by atoms with E-state index in [1.165, 1.54) is 6.08 Å². The minimum Gasteiger partial charge on any atom is -0.494 e. The topological polar surface area (TPSA) is 77.0 Å². The van der Waals surface area contributed by atoms with Gasteiger partial charge in [0.05, 0.1) is 29.4 Å². The number of nitrogens with one attached hydrogen (secondary N) is 1. The van der Waals surface area contributed by atoms with Crippen LogP contribution in [0.3, 0.4) is 0 Å². The molecule has 0 atom stereocenters. The lowest BCUT2D eigenvalue weighted by atomic mass is 10.0. The highest BCUT2D eigenvalue weighted by atomic mass is 16.5. The van der Waals surface area contributed by atoms with E-state index in [0.29, 0.717) is 19.6 Å². The molecule has 0 bridgehead atoms. The Morgan fingerprint density at radius 2 is 1.48 bits per heavy atom. The molecule has 1 amide bonds. The number of benzene rings is 1. The lowest BCUT2D eigenvalue weighted by Crippen LogP contribution is -2.23. The van der Waals surface area contributed by atoms with Gasteiger partial charge in [-0.3, -0.25) is 14.8 Å². The fourth-order valence-electron chi connectivity index (χ4n) is 3.28. The first-order valence-electron chi connectivity index (χ1n) is 10.7. The third-order valence-electron chi connectivity index (χ3n) is 4.94. The molecule has 3 heterocycles. The van der Waals surface area contributed by atoms with Crippen LogP contribution in [0.15, 0.2) is 97.8 Å². The molecule has 1 aromatic carbocycles. The van der Waals surface area contributed by atoms with Crippen LogP contribution in [0.25, 0.3) is 33.9 Å². The molecule has 0 aliphatic carbocycles. The molecule has 0 fully saturated rings. The first-order valence-corrected chi connectivity index (χ1v) is 10.7. The van der Waals surface area contributed by atoms with E-state index in [9.17, 15) is 4.79 Å². The van der Waals surface area contributed by atoms with E-state index in [1.54, 1.807) is 12.4 Å². The van der Waals surface area contributed by atoms with Gasteiger partial charge in [0.2, 0.25) is 5.91 Å². The van der Waals surface area contributed by atoms with Gasteiger partial charge in [-0.1, -0.05) is 30.8 Å². The Labute approximate surface area is 193 Å². The Balaban J connectivity index is 1.54. The molecular weight excluding hydrogens is 412 g/mol. The number of nitrogens with zero attached hydrogens (tertiary/aromatic N) is 3. The number of carbonyl (C=O) groups excluding carboxylic acids is 1. The Kier molecular flexibility index (Phi) is 7.18. The molecule has 6 heteroatoms. The maximum absolute atomic E-state index is 11.2. The maximum atomic E-state index is 11.2. The van der Waals surface area contributed by atoms with Gasteiger partial charge in [0.1, 0.15) is 5.75 Å². The van der Waals surface area contributed by atoms with Crippen molar-refractivity contribution in [3.05, 3.63) is 97.8 Å². The molecule has 0 unspecified atom stereocenters. The molecule has 6 nitrogen and oxygen atoms in total. The van der Waals surface area contributed by atoms with Crippen molar-refractivity contribution in [2.45, 2.75) is 6.42 Å². The quantitative estimate of drug-likeness (QED) is 0.297. The van der Waals surface area contributed by atoms with Gasteiger partial charge in [0.15, 0.2) is 0 Å². The van der Waals surface area contributed by atoms with Crippen molar-refractivity contribution < 1.29 is 9.53 Å². The van der Waals surface area contributed by atoms with E-state index in [1.807, 2.05) is 72.8 Å². The van der Waals surface area contributed by atoms with Crippen LogP contribution in [0, 0.1) is 0 Å². The molecule has 0 saturated carbocycles. The molecule has 0 radical (unpaired) electrons. The minimum atomic E-state index is -0.174. The van der Waals surface area contributed by atoms with E-state index in [0.717, 1.165) is 39.7 Å². The third kappa shape index (κ3) is 5.89. The minimum absolute atomic E-state index is 0.174. The van der Waals surface area contributed by atoms with Crippen LogP contribution in [0.1, 0.15) is 6.42 Å². The second kappa shape index (κ2) is 10.8. The predicted octanol–water partition coefficient (Wildman–Crippen LogP) is 4.94. The Morgan fingerprint density at radius 3 is 2.03 bits per heavy atom. The zero-order valence-electron chi connectivity index (χ0n) is 18.1. The lowest BCUT2D eigenvalue weighted by molar-refractivity contribution is -0.116. The zero-order chi connectivity index (χ0) is 22.9. The number of ether oxygens (including phenoxy) is 1. The summed E-state index contributed by atoms with van der Waals surface area (Å²) in [5.41, 5.74) is 5.24. The van der Waals surface area contributed by atoms with Crippen molar-refractivity contribution in [3.63, 3.8) is 0 Å². The largest absolute Gasteiger partial charge is 0.494 e. The fraction of sp³-hybridized carbons (Fsp3) is 0.111. The molecule has 164 valence electrons. The maximum Gasteiger partial charge on any atom is 0.243 e. The smallest absolute Gasteiger partial charge is 0.243 e. The van der Waals surface area contributed by atoms with Crippen molar-refractivity contribution in [3.8, 4) is 39.7 Å². The summed E-state index contributed by atoms with van der Waals surface area (Å²) in [6.07, 6.45) is 5.50. The predicted molar refractivity (Wildman–Crippen MR) is 129 cm³/mol. The van der Waals surface area contributed by atoms with E-state index < -0.39 is 0 Å². The van der Waals surface area contributed by atoms with E-state index in [4.69, 9.17) is 9.72 Å². The number of hydrogen-bond donors (Lipinski definition) is 1. The number of hydrogen-bond acceptors (Lipinski definition) is 5. The number of carbonyl (C=O) groups is 1. The highest BCUT2D eigenvalue weighted by Crippen LogP contribution is 2.29. The van der Waals surface area contributed by atoms with Gasteiger partial charge in [0.25, 0.3) is 0 Å². The van der Waals surface area contributed by atoms with E-state index in [-0.39, 0.29) is 5.91 Å². The van der Waals surface area contributed by atoms with E-state index >= 15 is 0 Å². The van der Waals surface area contributed by atoms with Crippen LogP contribution in [-0.2, 0) is 4.79 Å². The summed E-state index contributed by atoms with van der Waals surface area (Å²) in [6, 6.07) is 23.6. The summed E-state index contributed by atoms with van der Waals surface area (Å²) < 4.78 is 5.79. The Morgan fingerprint density at radius 1 is 0.848 bits per heavy atom. The van der Waals surface area contributed by atoms with Crippen LogP contribution in [-0.4, -0.2) is 34.0 Å². The molecule has 4 aromatic rings. The summed E-state index contributed by atoms with van der Waals surface area (Å²) in [4.78, 5) is 24.9. The lowest BCUT2D eigenvalue weighted by Gasteiger charge is -2.11. The van der Waals surface area contributed by atoms with Gasteiger partial charge in [-0.25, -0.2) is 4.98 Å². The molecule has 0 aliphatic heterocycles. The molecule has 0 spiro atoms. The highest BCUT2D eigenvalue weighted by molar-refractivity contribution is 5.86. The number of aromatic nitrogens is 3. The second-order valence-electron chi connectivity index (χ2n) is 7.28. The average molecular weight is 437 g/mol. The van der Waals surface area contributed by atoms with Gasteiger partial charge in [0, 0.05) is 18.9 Å². The van der Waals surface area contributed by atoms with Crippen LogP contribution in [0.2, 0.25) is 0 Å². The zero-order valence-corrected chi connectivity index (χ0v) is 18.1. The SMILES string of the molecule is C=CC(=O)NCCCOc1ccc(-c2cc(-c3ccccn3)nc(-c3ccccn3)c2)cc1. The molecule has 4 rings (SSSR count). The first-order chi connectivity index (χ1) is 16.2. The summed E-state index contributed by atoms with van der Waals surface area (Å²) in [5.74, 6) is 0.601. The van der Waals surface area contributed by atoms with Gasteiger partial charge in [-0.15, -0.1) is 0 Å². The van der Waals surface area contributed by atoms with Gasteiger partial charge < -0.3 is 10.1 Å². The molecule has 33 heavy (non-hydrogen) atoms. The fourth-order valence-corrected chi connectivity index (χ4v) is 3.28. The van der Waals surface area contributed by atoms with E-state index in [2.05, 4.69) is 21.9 Å². The molecular formula is C27H24N4O2. The molecule has 0 saturated heterocycles. The normalized spacial score (nSPS) is 10.4. The number of amides is 1. The van der Waals surface area contributed by atoms with Crippen molar-refractivity contribution in [1.82, 2.24) is 20.3 Å². The van der Waals surface area contributed by atoms with Crippen LogP contribution < -0.4 is 10.1 Å². The van der Waals surface area contributed by atoms with Crippen molar-refractivity contribution in [1.29, 1.82) is 0 Å². The van der Waals surface area contributed by atoms with Crippen molar-refractivity contribution in [2.75, 3.05) is 13.2 Å². The number of pyridine rings is 3. The molecule has 1 N–H and O–H groups in total. The Bertz CT molecular complexity index is 1150. The standard InChI is InChI=1S/C27H24N4O2/c1-2-27(32)30-16-7-17-33-22-12-10-20(11-13-22)21-18-25(23-8-3-5-14-28-23)31-26(19-21)24-9-4-6-15-29-24/h2-6,8-15,18-19H,1,7,16-17H2,(H,30,32). The van der Waals surface area contributed by atoms with Gasteiger partial charge in [-0.05, 0) is 72.2 Å². The number of rotatable bonds is 9. The summed E-state index contributed by atoms with van der Waals surface area (Å²) in [5, 5.41) is 2.73. The average Bonchev–Trinajstić information content (AvgIpc) is 2.89. The highest BCUT2D eigenvalue weighted by Gasteiger charge is 2.10. The first kappa shape index (κ1) is 21.9. The van der Waals surface area contributed by atoms with Crippen molar-refractivity contribution in [2.24, 2.45) is 0 Å². The Hall–Kier alpha value is -4.32. The van der Waals surface area contributed by atoms with Crippen molar-refractivity contribution >= 4 is 5.91 Å². The van der Waals surface area contributed by atoms with Crippen LogP contribution in [0.5, 0.6) is 5.75 Å². The summed E-state index contributed by atoms with van der Waals surface area (Å²) >= 11 is 0. The van der Waals surface area contributed by atoms with Gasteiger partial charge >= 0.3 is 0 Å². The summed E-state index contributed by atoms with van der Waals surface area (Å²) in [6.45, 7) is 4.49. The second-order valence-corrected chi connectivity index (χ2v) is 7.28. The third-order valence-corrected chi connectivity index (χ3v) is 4.94. The monoisotopic (exact) mass is 436 g/mol. The molecule has 0 aliphatic rings. The van der Waals surface area contributed by atoms with Crippen LogP contribution in [0.4, 0.5) is 0 Å². The van der Waals surface area contributed by atoms with Crippen LogP contribution >= 0.6 is 0 Å². The van der Waals surface area contributed by atoms with Gasteiger partial charge in [-0.2, -0.15) is 0 Å². The summed E-state index contributed by atoms with van der Waals surface area (Å²) in [7, 11) is 0.